The average Bonchev–Trinajstić information content (AvgIpc) is 3.03. The van der Waals surface area contributed by atoms with Gasteiger partial charge in [0, 0.05) is 22.3 Å². The summed E-state index contributed by atoms with van der Waals surface area (Å²) in [4.78, 5) is 4.90. The highest BCUT2D eigenvalue weighted by Crippen LogP contribution is 2.45. The van der Waals surface area contributed by atoms with Crippen molar-refractivity contribution in [1.82, 2.24) is 4.98 Å². The van der Waals surface area contributed by atoms with Crippen molar-refractivity contribution in [2.45, 2.75) is 105 Å². The quantitative estimate of drug-likeness (QED) is 0.392. The van der Waals surface area contributed by atoms with Gasteiger partial charge in [-0.2, -0.15) is 0 Å². The van der Waals surface area contributed by atoms with Gasteiger partial charge in [-0.05, 0) is 45.4 Å². The van der Waals surface area contributed by atoms with E-state index in [1.807, 2.05) is 12.1 Å². The van der Waals surface area contributed by atoms with Crippen molar-refractivity contribution in [3.05, 3.63) is 40.5 Å². The second-order valence-corrected chi connectivity index (χ2v) is 13.4. The van der Waals surface area contributed by atoms with Crippen molar-refractivity contribution in [1.29, 1.82) is 0 Å². The Morgan fingerprint density at radius 2 is 0.970 bits per heavy atom. The molecule has 1 aromatic heterocycles. The lowest BCUT2D eigenvalue weighted by molar-refractivity contribution is 0.423. The highest BCUT2D eigenvalue weighted by molar-refractivity contribution is 5.87. The minimum absolute atomic E-state index is 0.148. The highest BCUT2D eigenvalue weighted by atomic mass is 16.4. The van der Waals surface area contributed by atoms with Crippen molar-refractivity contribution >= 4 is 11.1 Å². The fraction of sp³-hybridized carbons (Fsp3) is 0.552. The lowest BCUT2D eigenvalue weighted by Gasteiger charge is -2.27. The Morgan fingerprint density at radius 3 is 1.36 bits per heavy atom. The van der Waals surface area contributed by atoms with E-state index in [1.165, 1.54) is 0 Å². The van der Waals surface area contributed by atoms with Gasteiger partial charge in [0.05, 0.1) is 0 Å². The molecule has 0 aliphatic rings. The molecule has 2 N–H and O–H groups in total. The number of aromatic nitrogens is 1. The summed E-state index contributed by atoms with van der Waals surface area (Å²) >= 11 is 0. The van der Waals surface area contributed by atoms with Gasteiger partial charge < -0.3 is 14.6 Å². The van der Waals surface area contributed by atoms with Crippen LogP contribution in [0.1, 0.15) is 105 Å². The molecule has 3 aromatic rings. The standard InChI is InChI=1S/C29H41NO3/c1-26(2,3)17-15-20(29(10,11)12)23(32)24-21(17)30-25(33-24)16-13-18(27(4,5)6)22(31)19(14-16)28(7,8)9/h13-15,31-32H,1-12H3. The number of phenolic OH excluding ortho intramolecular Hbond substituents is 2. The molecule has 0 radical (unpaired) electrons. The molecule has 0 aliphatic carbocycles. The Bertz CT molecular complexity index is 1170. The maximum Gasteiger partial charge on any atom is 0.227 e. The van der Waals surface area contributed by atoms with Gasteiger partial charge in [-0.15, -0.1) is 0 Å². The van der Waals surface area contributed by atoms with E-state index < -0.39 is 0 Å². The van der Waals surface area contributed by atoms with Gasteiger partial charge in [0.25, 0.3) is 0 Å². The van der Waals surface area contributed by atoms with Crippen LogP contribution in [0.15, 0.2) is 22.6 Å². The van der Waals surface area contributed by atoms with Crippen LogP contribution >= 0.6 is 0 Å². The molecule has 180 valence electrons. The minimum atomic E-state index is -0.260. The first kappa shape index (κ1) is 25.1. The van der Waals surface area contributed by atoms with Crippen LogP contribution in [0.3, 0.4) is 0 Å². The Morgan fingerprint density at radius 1 is 0.576 bits per heavy atom. The van der Waals surface area contributed by atoms with Gasteiger partial charge in [-0.3, -0.25) is 0 Å². The van der Waals surface area contributed by atoms with E-state index in [-0.39, 0.29) is 27.4 Å². The summed E-state index contributed by atoms with van der Waals surface area (Å²) in [5, 5.41) is 22.3. The van der Waals surface area contributed by atoms with Crippen LogP contribution < -0.4 is 0 Å². The van der Waals surface area contributed by atoms with Crippen molar-refractivity contribution in [3.63, 3.8) is 0 Å². The number of hydrogen-bond donors (Lipinski definition) is 2. The maximum absolute atomic E-state index is 11.2. The first-order chi connectivity index (χ1) is 14.7. The number of fused-ring (bicyclic) bond motifs is 1. The monoisotopic (exact) mass is 451 g/mol. The molecular weight excluding hydrogens is 410 g/mol. The molecule has 0 unspecified atom stereocenters. The van der Waals surface area contributed by atoms with Gasteiger partial charge in [-0.25, -0.2) is 4.98 Å². The van der Waals surface area contributed by atoms with E-state index in [9.17, 15) is 10.2 Å². The molecule has 0 bridgehead atoms. The van der Waals surface area contributed by atoms with Crippen molar-refractivity contribution in [2.75, 3.05) is 0 Å². The van der Waals surface area contributed by atoms with Crippen LogP contribution in [-0.2, 0) is 21.7 Å². The summed E-state index contributed by atoms with van der Waals surface area (Å²) in [5.74, 6) is 0.922. The summed E-state index contributed by atoms with van der Waals surface area (Å²) < 4.78 is 6.29. The van der Waals surface area contributed by atoms with Crippen molar-refractivity contribution in [2.24, 2.45) is 0 Å². The Balaban J connectivity index is 2.42. The maximum atomic E-state index is 11.2. The Hall–Kier alpha value is -2.49. The number of aromatic hydroxyl groups is 2. The van der Waals surface area contributed by atoms with E-state index in [2.05, 4.69) is 89.2 Å². The molecule has 0 saturated carbocycles. The average molecular weight is 452 g/mol. The third-order valence-corrected chi connectivity index (χ3v) is 6.23. The topological polar surface area (TPSA) is 66.5 Å². The number of benzene rings is 2. The molecule has 0 aliphatic heterocycles. The van der Waals surface area contributed by atoms with E-state index in [1.54, 1.807) is 0 Å². The lowest BCUT2D eigenvalue weighted by atomic mass is 9.78. The molecule has 0 spiro atoms. The second kappa shape index (κ2) is 7.51. The van der Waals surface area contributed by atoms with E-state index >= 15 is 0 Å². The van der Waals surface area contributed by atoms with Gasteiger partial charge in [0.15, 0.2) is 11.3 Å². The number of rotatable bonds is 1. The summed E-state index contributed by atoms with van der Waals surface area (Å²) in [6.45, 7) is 25.2. The predicted octanol–water partition coefficient (Wildman–Crippen LogP) is 8.10. The van der Waals surface area contributed by atoms with Crippen LogP contribution in [0.4, 0.5) is 0 Å². The molecule has 0 atom stereocenters. The number of hydrogen-bond acceptors (Lipinski definition) is 4. The Labute approximate surface area is 199 Å². The number of oxazole rings is 1. The van der Waals surface area contributed by atoms with E-state index in [0.717, 1.165) is 27.8 Å². The largest absolute Gasteiger partial charge is 0.507 e. The van der Waals surface area contributed by atoms with Gasteiger partial charge in [0.1, 0.15) is 11.3 Å². The van der Waals surface area contributed by atoms with Crippen LogP contribution in [0.5, 0.6) is 11.5 Å². The predicted molar refractivity (Wildman–Crippen MR) is 138 cm³/mol. The van der Waals surface area contributed by atoms with Crippen LogP contribution in [0.25, 0.3) is 22.6 Å². The number of nitrogens with zero attached hydrogens (tertiary/aromatic N) is 1. The molecule has 0 amide bonds. The smallest absolute Gasteiger partial charge is 0.227 e. The molecular formula is C29H41NO3. The summed E-state index contributed by atoms with van der Waals surface area (Å²) in [6, 6.07) is 6.00. The van der Waals surface area contributed by atoms with E-state index in [4.69, 9.17) is 9.40 Å². The van der Waals surface area contributed by atoms with Crippen molar-refractivity contribution < 1.29 is 14.6 Å². The van der Waals surface area contributed by atoms with Crippen molar-refractivity contribution in [3.8, 4) is 23.0 Å². The highest BCUT2D eigenvalue weighted by Gasteiger charge is 2.31. The fourth-order valence-electron chi connectivity index (χ4n) is 4.23. The zero-order valence-corrected chi connectivity index (χ0v) is 22.5. The third kappa shape index (κ3) is 4.62. The zero-order valence-electron chi connectivity index (χ0n) is 22.5. The molecule has 0 saturated heterocycles. The van der Waals surface area contributed by atoms with Gasteiger partial charge in [0.2, 0.25) is 5.89 Å². The molecule has 2 aromatic carbocycles. The molecule has 33 heavy (non-hydrogen) atoms. The summed E-state index contributed by atoms with van der Waals surface area (Å²) in [6.07, 6.45) is 0. The van der Waals surface area contributed by atoms with Crippen LogP contribution in [0.2, 0.25) is 0 Å². The lowest BCUT2D eigenvalue weighted by Crippen LogP contribution is -2.17. The van der Waals surface area contributed by atoms with Crippen LogP contribution in [-0.4, -0.2) is 15.2 Å². The summed E-state index contributed by atoms with van der Waals surface area (Å²) in [5.41, 5.74) is 4.55. The van der Waals surface area contributed by atoms with Crippen LogP contribution in [0, 0.1) is 0 Å². The SMILES string of the molecule is CC(C)(C)c1cc(-c2nc3c(C(C)(C)C)cc(C(C)(C)C)c(O)c3o2)cc(C(C)(C)C)c1O. The van der Waals surface area contributed by atoms with Gasteiger partial charge >= 0.3 is 0 Å². The van der Waals surface area contributed by atoms with E-state index in [0.29, 0.717) is 22.7 Å². The first-order valence-corrected chi connectivity index (χ1v) is 11.8. The minimum Gasteiger partial charge on any atom is -0.507 e. The van der Waals surface area contributed by atoms with Gasteiger partial charge in [-0.1, -0.05) is 83.1 Å². The molecule has 1 heterocycles. The Kier molecular flexibility index (Phi) is 5.72. The fourth-order valence-corrected chi connectivity index (χ4v) is 4.23. The number of phenols is 2. The molecule has 4 heteroatoms. The molecule has 3 rings (SSSR count). The second-order valence-electron chi connectivity index (χ2n) is 13.4. The first-order valence-electron chi connectivity index (χ1n) is 11.8. The molecule has 0 fully saturated rings. The zero-order chi connectivity index (χ0) is 25.3. The third-order valence-electron chi connectivity index (χ3n) is 6.23. The molecule has 4 nitrogen and oxygen atoms in total. The summed E-state index contributed by atoms with van der Waals surface area (Å²) in [7, 11) is 0. The normalized spacial score (nSPS) is 13.7.